The molecule has 0 radical (unpaired) electrons. The zero-order valence-electron chi connectivity index (χ0n) is 10.8. The third-order valence-corrected chi connectivity index (χ3v) is 3.71. The molecule has 0 aliphatic heterocycles. The standard InChI is InChI=1S/C12H14ClFO5S/c1-2-18-12(15)4-3-7-20(16,17)19-11-6-5-9(14)8-10(11)13/h5-6,8H,2-4,7H2,1H3. The quantitative estimate of drug-likeness (QED) is 0.569. The average Bonchev–Trinajstić information content (AvgIpc) is 2.33. The van der Waals surface area contributed by atoms with Crippen molar-refractivity contribution in [3.8, 4) is 5.75 Å². The molecule has 0 aromatic heterocycles. The van der Waals surface area contributed by atoms with Gasteiger partial charge in [0.25, 0.3) is 0 Å². The van der Waals surface area contributed by atoms with E-state index in [1.807, 2.05) is 0 Å². The summed E-state index contributed by atoms with van der Waals surface area (Å²) in [6.45, 7) is 1.90. The van der Waals surface area contributed by atoms with Crippen molar-refractivity contribution in [1.29, 1.82) is 0 Å². The molecular formula is C12H14ClFO5S. The molecule has 0 saturated carbocycles. The van der Waals surface area contributed by atoms with Gasteiger partial charge in [0.1, 0.15) is 5.82 Å². The van der Waals surface area contributed by atoms with Crippen molar-refractivity contribution in [2.24, 2.45) is 0 Å². The summed E-state index contributed by atoms with van der Waals surface area (Å²) in [6.07, 6.45) is 0.0492. The van der Waals surface area contributed by atoms with Crippen molar-refractivity contribution in [2.75, 3.05) is 12.4 Å². The Balaban J connectivity index is 2.55. The molecule has 8 heteroatoms. The number of ether oxygens (including phenoxy) is 1. The lowest BCUT2D eigenvalue weighted by Crippen LogP contribution is -2.15. The molecule has 1 aromatic rings. The molecule has 0 unspecified atom stereocenters. The van der Waals surface area contributed by atoms with Gasteiger partial charge in [0.15, 0.2) is 5.75 Å². The summed E-state index contributed by atoms with van der Waals surface area (Å²) in [5, 5.41) is -0.140. The fourth-order valence-electron chi connectivity index (χ4n) is 1.35. The van der Waals surface area contributed by atoms with E-state index in [1.165, 1.54) is 0 Å². The fraction of sp³-hybridized carbons (Fsp3) is 0.417. The van der Waals surface area contributed by atoms with Gasteiger partial charge in [-0.15, -0.1) is 0 Å². The van der Waals surface area contributed by atoms with E-state index in [0.29, 0.717) is 0 Å². The highest BCUT2D eigenvalue weighted by molar-refractivity contribution is 7.87. The number of hydrogen-bond donors (Lipinski definition) is 0. The van der Waals surface area contributed by atoms with E-state index in [9.17, 15) is 17.6 Å². The van der Waals surface area contributed by atoms with Gasteiger partial charge in [-0.25, -0.2) is 4.39 Å². The Bertz CT molecular complexity index is 573. The number of carbonyl (C=O) groups excluding carboxylic acids is 1. The number of hydrogen-bond acceptors (Lipinski definition) is 5. The van der Waals surface area contributed by atoms with Crippen LogP contribution in [0, 0.1) is 5.82 Å². The van der Waals surface area contributed by atoms with Crippen molar-refractivity contribution >= 4 is 27.7 Å². The molecule has 1 aromatic carbocycles. The zero-order valence-corrected chi connectivity index (χ0v) is 12.3. The second-order valence-corrected chi connectivity index (χ2v) is 5.93. The Morgan fingerprint density at radius 2 is 2.10 bits per heavy atom. The van der Waals surface area contributed by atoms with Crippen molar-refractivity contribution in [3.63, 3.8) is 0 Å². The van der Waals surface area contributed by atoms with Gasteiger partial charge in [-0.1, -0.05) is 11.6 Å². The molecule has 5 nitrogen and oxygen atoms in total. The van der Waals surface area contributed by atoms with Crippen molar-refractivity contribution in [1.82, 2.24) is 0 Å². The van der Waals surface area contributed by atoms with E-state index in [1.54, 1.807) is 6.92 Å². The van der Waals surface area contributed by atoms with Crippen LogP contribution in [-0.4, -0.2) is 26.7 Å². The SMILES string of the molecule is CCOC(=O)CCCS(=O)(=O)Oc1ccc(F)cc1Cl. The van der Waals surface area contributed by atoms with E-state index in [4.69, 9.17) is 15.8 Å². The van der Waals surface area contributed by atoms with E-state index >= 15 is 0 Å². The highest BCUT2D eigenvalue weighted by Crippen LogP contribution is 2.26. The topological polar surface area (TPSA) is 69.7 Å². The first kappa shape index (κ1) is 16.7. The summed E-state index contributed by atoms with van der Waals surface area (Å²) < 4.78 is 45.5. The first-order chi connectivity index (χ1) is 9.34. The molecule has 0 atom stereocenters. The molecule has 20 heavy (non-hydrogen) atoms. The highest BCUT2D eigenvalue weighted by atomic mass is 35.5. The average molecular weight is 325 g/mol. The predicted octanol–water partition coefficient (Wildman–Crippen LogP) is 2.53. The van der Waals surface area contributed by atoms with Gasteiger partial charge < -0.3 is 8.92 Å². The molecule has 0 spiro atoms. The van der Waals surface area contributed by atoms with E-state index in [2.05, 4.69) is 4.74 Å². The van der Waals surface area contributed by atoms with Gasteiger partial charge in [0, 0.05) is 6.42 Å². The third kappa shape index (κ3) is 5.75. The molecule has 0 fully saturated rings. The van der Waals surface area contributed by atoms with Crippen LogP contribution in [0.25, 0.3) is 0 Å². The Labute approximate surface area is 121 Å². The van der Waals surface area contributed by atoms with E-state index in [-0.39, 0.29) is 36.0 Å². The number of benzene rings is 1. The summed E-state index contributed by atoms with van der Waals surface area (Å²) in [4.78, 5) is 11.1. The number of carbonyl (C=O) groups is 1. The van der Waals surface area contributed by atoms with Gasteiger partial charge in [-0.05, 0) is 31.5 Å². The lowest BCUT2D eigenvalue weighted by Gasteiger charge is -2.08. The van der Waals surface area contributed by atoms with Crippen LogP contribution >= 0.6 is 11.6 Å². The molecule has 112 valence electrons. The molecule has 0 N–H and O–H groups in total. The van der Waals surface area contributed by atoms with Crippen LogP contribution in [0.2, 0.25) is 5.02 Å². The van der Waals surface area contributed by atoms with Crippen molar-refractivity contribution in [3.05, 3.63) is 29.0 Å². The monoisotopic (exact) mass is 324 g/mol. The highest BCUT2D eigenvalue weighted by Gasteiger charge is 2.16. The van der Waals surface area contributed by atoms with Crippen LogP contribution in [-0.2, 0) is 19.6 Å². The van der Waals surface area contributed by atoms with Crippen LogP contribution < -0.4 is 4.18 Å². The summed E-state index contributed by atoms with van der Waals surface area (Å²) >= 11 is 5.66. The lowest BCUT2D eigenvalue weighted by molar-refractivity contribution is -0.143. The van der Waals surface area contributed by atoms with Crippen LogP contribution in [0.3, 0.4) is 0 Å². The molecule has 0 heterocycles. The first-order valence-corrected chi connectivity index (χ1v) is 7.82. The van der Waals surface area contributed by atoms with Crippen LogP contribution in [0.15, 0.2) is 18.2 Å². The summed E-state index contributed by atoms with van der Waals surface area (Å²) in [5.74, 6) is -1.58. The number of halogens is 2. The molecule has 1 rings (SSSR count). The Hall–Kier alpha value is -1.34. The molecule has 0 bridgehead atoms. The lowest BCUT2D eigenvalue weighted by atomic mass is 10.3. The minimum atomic E-state index is -3.90. The van der Waals surface area contributed by atoms with E-state index in [0.717, 1.165) is 18.2 Å². The Morgan fingerprint density at radius 3 is 2.70 bits per heavy atom. The minimum absolute atomic E-state index is 0.0203. The second-order valence-electron chi connectivity index (χ2n) is 3.83. The van der Waals surface area contributed by atoms with E-state index < -0.39 is 21.9 Å². The maximum Gasteiger partial charge on any atom is 0.309 e. The van der Waals surface area contributed by atoms with Crippen LogP contribution in [0.4, 0.5) is 4.39 Å². The summed E-state index contributed by atoms with van der Waals surface area (Å²) in [5.41, 5.74) is 0. The number of esters is 1. The first-order valence-electron chi connectivity index (χ1n) is 5.87. The van der Waals surface area contributed by atoms with Gasteiger partial charge in [0.2, 0.25) is 0 Å². The molecule has 0 aliphatic carbocycles. The summed E-state index contributed by atoms with van der Waals surface area (Å²) in [6, 6.07) is 3.11. The third-order valence-electron chi connectivity index (χ3n) is 2.19. The summed E-state index contributed by atoms with van der Waals surface area (Å²) in [7, 11) is -3.90. The van der Waals surface area contributed by atoms with Crippen LogP contribution in [0.1, 0.15) is 19.8 Å². The maximum atomic E-state index is 12.8. The molecule has 0 saturated heterocycles. The molecule has 0 amide bonds. The zero-order chi connectivity index (χ0) is 15.2. The number of rotatable bonds is 7. The molecule has 0 aliphatic rings. The van der Waals surface area contributed by atoms with Gasteiger partial charge in [0.05, 0.1) is 17.4 Å². The van der Waals surface area contributed by atoms with Gasteiger partial charge in [-0.3, -0.25) is 4.79 Å². The Kier molecular flexibility index (Phi) is 6.22. The maximum absolute atomic E-state index is 12.8. The predicted molar refractivity (Wildman–Crippen MR) is 71.7 cm³/mol. The van der Waals surface area contributed by atoms with Gasteiger partial charge >= 0.3 is 16.1 Å². The van der Waals surface area contributed by atoms with Crippen LogP contribution in [0.5, 0.6) is 5.75 Å². The molecular weight excluding hydrogens is 311 g/mol. The minimum Gasteiger partial charge on any atom is -0.466 e. The van der Waals surface area contributed by atoms with Crippen molar-refractivity contribution < 1.29 is 26.5 Å². The Morgan fingerprint density at radius 1 is 1.40 bits per heavy atom. The smallest absolute Gasteiger partial charge is 0.309 e. The van der Waals surface area contributed by atoms with Gasteiger partial charge in [-0.2, -0.15) is 8.42 Å². The second kappa shape index (κ2) is 7.44. The van der Waals surface area contributed by atoms with Crippen molar-refractivity contribution in [2.45, 2.75) is 19.8 Å². The normalized spacial score (nSPS) is 11.2. The largest absolute Gasteiger partial charge is 0.466 e. The fourth-order valence-corrected chi connectivity index (χ4v) is 2.60.